The number of benzene rings is 1. The zero-order chi connectivity index (χ0) is 15.0. The Morgan fingerprint density at radius 1 is 1.29 bits per heavy atom. The molecule has 0 saturated carbocycles. The number of morpholine rings is 1. The maximum absolute atomic E-state index is 12.4. The van der Waals surface area contributed by atoms with Gasteiger partial charge < -0.3 is 20.1 Å². The van der Waals surface area contributed by atoms with Crippen molar-refractivity contribution in [3.05, 3.63) is 29.3 Å². The van der Waals surface area contributed by atoms with Gasteiger partial charge in [0.05, 0.1) is 23.5 Å². The van der Waals surface area contributed by atoms with Gasteiger partial charge in [0, 0.05) is 13.1 Å². The minimum Gasteiger partial charge on any atom is -0.478 e. The first kappa shape index (κ1) is 13.9. The van der Waals surface area contributed by atoms with Gasteiger partial charge in [-0.2, -0.15) is 0 Å². The Morgan fingerprint density at radius 2 is 1.95 bits per heavy atom. The van der Waals surface area contributed by atoms with Crippen LogP contribution in [0, 0.1) is 6.92 Å². The van der Waals surface area contributed by atoms with Crippen molar-refractivity contribution in [3.63, 3.8) is 0 Å². The number of carbonyl (C=O) groups excluding carboxylic acids is 1. The molecule has 0 aliphatic carbocycles. The smallest absolute Gasteiger partial charge is 0.337 e. The molecule has 2 aliphatic heterocycles. The summed E-state index contributed by atoms with van der Waals surface area (Å²) < 4.78 is 5.70. The Hall–Kier alpha value is -2.08. The van der Waals surface area contributed by atoms with Crippen molar-refractivity contribution >= 4 is 17.7 Å². The van der Waals surface area contributed by atoms with Gasteiger partial charge in [-0.3, -0.25) is 0 Å². The predicted molar refractivity (Wildman–Crippen MR) is 76.6 cm³/mol. The van der Waals surface area contributed by atoms with Crippen molar-refractivity contribution in [3.8, 4) is 0 Å². The lowest BCUT2D eigenvalue weighted by Crippen LogP contribution is -2.47. The fraction of sp³-hybridized carbons (Fsp3) is 0.467. The second-order valence-corrected chi connectivity index (χ2v) is 5.60. The lowest BCUT2D eigenvalue weighted by molar-refractivity contribution is -0.0219. The number of rotatable bonds is 2. The summed E-state index contributed by atoms with van der Waals surface area (Å²) in [5.41, 5.74) is 1.22. The average Bonchev–Trinajstić information content (AvgIpc) is 2.79. The van der Waals surface area contributed by atoms with E-state index in [1.54, 1.807) is 24.0 Å². The topological polar surface area (TPSA) is 78.9 Å². The number of anilines is 1. The highest BCUT2D eigenvalue weighted by Gasteiger charge is 2.36. The maximum Gasteiger partial charge on any atom is 0.337 e. The molecule has 2 saturated heterocycles. The molecule has 6 nitrogen and oxygen atoms in total. The number of urea groups is 1. The van der Waals surface area contributed by atoms with E-state index in [9.17, 15) is 14.7 Å². The van der Waals surface area contributed by atoms with Crippen LogP contribution in [0.15, 0.2) is 18.2 Å². The number of amides is 2. The lowest BCUT2D eigenvalue weighted by atomic mass is 10.1. The van der Waals surface area contributed by atoms with Gasteiger partial charge in [-0.1, -0.05) is 12.1 Å². The molecule has 2 N–H and O–H groups in total. The Morgan fingerprint density at radius 3 is 2.57 bits per heavy atom. The zero-order valence-corrected chi connectivity index (χ0v) is 11.8. The van der Waals surface area contributed by atoms with Crippen molar-refractivity contribution in [1.82, 2.24) is 4.90 Å². The highest BCUT2D eigenvalue weighted by molar-refractivity contribution is 6.01. The highest BCUT2D eigenvalue weighted by Crippen LogP contribution is 2.27. The van der Waals surface area contributed by atoms with Crippen LogP contribution in [0.4, 0.5) is 10.5 Å². The summed E-state index contributed by atoms with van der Waals surface area (Å²) >= 11 is 0. The molecule has 112 valence electrons. The van der Waals surface area contributed by atoms with Crippen LogP contribution >= 0.6 is 0 Å². The van der Waals surface area contributed by atoms with Crippen LogP contribution in [0.3, 0.4) is 0 Å². The van der Waals surface area contributed by atoms with E-state index in [4.69, 9.17) is 4.74 Å². The monoisotopic (exact) mass is 290 g/mol. The van der Waals surface area contributed by atoms with Crippen LogP contribution in [0.1, 0.15) is 28.8 Å². The molecule has 0 radical (unpaired) electrons. The summed E-state index contributed by atoms with van der Waals surface area (Å²) in [4.78, 5) is 25.4. The maximum atomic E-state index is 12.4. The predicted octanol–water partition coefficient (Wildman–Crippen LogP) is 2.09. The number of para-hydroxylation sites is 1. The molecule has 1 aromatic rings. The van der Waals surface area contributed by atoms with Crippen LogP contribution in [0.25, 0.3) is 0 Å². The van der Waals surface area contributed by atoms with E-state index >= 15 is 0 Å². The van der Waals surface area contributed by atoms with Gasteiger partial charge in [0.25, 0.3) is 0 Å². The number of nitrogens with one attached hydrogen (secondary N) is 1. The van der Waals surface area contributed by atoms with Gasteiger partial charge in [-0.25, -0.2) is 9.59 Å². The molecule has 2 aliphatic rings. The van der Waals surface area contributed by atoms with Crippen molar-refractivity contribution in [1.29, 1.82) is 0 Å². The molecule has 2 unspecified atom stereocenters. The Kier molecular flexibility index (Phi) is 3.55. The van der Waals surface area contributed by atoms with E-state index in [1.165, 1.54) is 6.07 Å². The standard InChI is InChI=1S/C15H18N2O4/c1-9-3-2-4-12(14(18)19)13(9)16-15(20)17-7-10-5-6-11(8-17)21-10/h2-4,10-11H,5-8H2,1H3,(H,16,20)(H,18,19). The van der Waals surface area contributed by atoms with E-state index in [2.05, 4.69) is 5.32 Å². The molecule has 2 fully saturated rings. The second kappa shape index (κ2) is 5.37. The Labute approximate surface area is 122 Å². The lowest BCUT2D eigenvalue weighted by Gasteiger charge is -2.32. The summed E-state index contributed by atoms with van der Waals surface area (Å²) in [6.07, 6.45) is 2.20. The van der Waals surface area contributed by atoms with Crippen LogP contribution in [-0.2, 0) is 4.74 Å². The third-order valence-electron chi connectivity index (χ3n) is 4.07. The molecule has 21 heavy (non-hydrogen) atoms. The molecular formula is C15H18N2O4. The fourth-order valence-electron chi connectivity index (χ4n) is 2.98. The van der Waals surface area contributed by atoms with Crippen molar-refractivity contribution in [2.75, 3.05) is 18.4 Å². The van der Waals surface area contributed by atoms with Gasteiger partial charge >= 0.3 is 12.0 Å². The van der Waals surface area contributed by atoms with Gasteiger partial charge in [0.2, 0.25) is 0 Å². The van der Waals surface area contributed by atoms with Crippen molar-refractivity contribution in [2.45, 2.75) is 32.0 Å². The number of carboxylic acid groups (broad SMARTS) is 1. The van der Waals surface area contributed by atoms with E-state index in [1.807, 2.05) is 0 Å². The third-order valence-corrected chi connectivity index (χ3v) is 4.07. The minimum atomic E-state index is -1.05. The number of carbonyl (C=O) groups is 2. The van der Waals surface area contributed by atoms with Gasteiger partial charge in [-0.05, 0) is 31.4 Å². The quantitative estimate of drug-likeness (QED) is 0.874. The Bertz CT molecular complexity index is 575. The van der Waals surface area contributed by atoms with Crippen molar-refractivity contribution < 1.29 is 19.4 Å². The van der Waals surface area contributed by atoms with E-state index < -0.39 is 5.97 Å². The highest BCUT2D eigenvalue weighted by atomic mass is 16.5. The summed E-state index contributed by atoms with van der Waals surface area (Å²) in [5.74, 6) is -1.05. The number of aromatic carboxylic acids is 1. The van der Waals surface area contributed by atoms with E-state index in [0.29, 0.717) is 18.8 Å². The number of carboxylic acids is 1. The molecule has 1 aromatic carbocycles. The van der Waals surface area contributed by atoms with Gasteiger partial charge in [0.15, 0.2) is 0 Å². The first-order valence-corrected chi connectivity index (χ1v) is 7.09. The minimum absolute atomic E-state index is 0.111. The van der Waals surface area contributed by atoms with Gasteiger partial charge in [0.1, 0.15) is 0 Å². The number of hydrogen-bond acceptors (Lipinski definition) is 3. The summed E-state index contributed by atoms with van der Waals surface area (Å²) in [7, 11) is 0. The number of aryl methyl sites for hydroxylation is 1. The molecule has 2 bridgehead atoms. The number of ether oxygens (including phenoxy) is 1. The van der Waals surface area contributed by atoms with Gasteiger partial charge in [-0.15, -0.1) is 0 Å². The largest absolute Gasteiger partial charge is 0.478 e. The number of nitrogens with zero attached hydrogens (tertiary/aromatic N) is 1. The Balaban J connectivity index is 1.77. The summed E-state index contributed by atoms with van der Waals surface area (Å²) in [6, 6.07) is 4.69. The molecule has 6 heteroatoms. The van der Waals surface area contributed by atoms with E-state index in [0.717, 1.165) is 18.4 Å². The average molecular weight is 290 g/mol. The van der Waals surface area contributed by atoms with E-state index in [-0.39, 0.29) is 23.8 Å². The molecule has 0 spiro atoms. The normalized spacial score (nSPS) is 24.0. The van der Waals surface area contributed by atoms with Crippen LogP contribution in [-0.4, -0.2) is 47.3 Å². The molecule has 2 atom stereocenters. The molecule has 3 rings (SSSR count). The second-order valence-electron chi connectivity index (χ2n) is 5.60. The number of likely N-dealkylation sites (tertiary alicyclic amines) is 1. The van der Waals surface area contributed by atoms with Crippen molar-refractivity contribution in [2.24, 2.45) is 0 Å². The summed E-state index contributed by atoms with van der Waals surface area (Å²) in [5, 5.41) is 12.0. The molecule has 2 amide bonds. The first-order chi connectivity index (χ1) is 10.0. The number of hydrogen-bond donors (Lipinski definition) is 2. The molecule has 2 heterocycles. The molecular weight excluding hydrogens is 272 g/mol. The summed E-state index contributed by atoms with van der Waals surface area (Å²) in [6.45, 7) is 2.91. The fourth-order valence-corrected chi connectivity index (χ4v) is 2.98. The zero-order valence-electron chi connectivity index (χ0n) is 11.8. The molecule has 0 aromatic heterocycles. The number of fused-ring (bicyclic) bond motifs is 2. The third kappa shape index (κ3) is 2.71. The first-order valence-electron chi connectivity index (χ1n) is 7.09. The van der Waals surface area contributed by atoms with Crippen LogP contribution in [0.5, 0.6) is 0 Å². The van der Waals surface area contributed by atoms with Crippen LogP contribution in [0.2, 0.25) is 0 Å². The SMILES string of the molecule is Cc1cccc(C(=O)O)c1NC(=O)N1CC2CCC(C1)O2. The van der Waals surface area contributed by atoms with Crippen LogP contribution < -0.4 is 5.32 Å².